The van der Waals surface area contributed by atoms with Gasteiger partial charge in [-0.1, -0.05) is 24.3 Å². The van der Waals surface area contributed by atoms with Gasteiger partial charge in [-0.05, 0) is 24.3 Å². The number of para-hydroxylation sites is 3. The molecule has 3 rings (SSSR count). The summed E-state index contributed by atoms with van der Waals surface area (Å²) in [5, 5.41) is 3.84. The Bertz CT molecular complexity index is 840. The topological polar surface area (TPSA) is 94.3 Å². The van der Waals surface area contributed by atoms with Crippen LogP contribution in [0.5, 0.6) is 0 Å². The average Bonchev–Trinajstić information content (AvgIpc) is 2.46. The average molecular weight is 267 g/mol. The molecule has 1 heterocycles. The molecule has 0 saturated carbocycles. The second-order valence-electron chi connectivity index (χ2n) is 4.39. The molecule has 100 valence electrons. The van der Waals surface area contributed by atoms with Crippen LogP contribution in [0.1, 0.15) is 0 Å². The van der Waals surface area contributed by atoms with Crippen LogP contribution in [0.2, 0.25) is 0 Å². The lowest BCUT2D eigenvalue weighted by atomic mass is 10.1. The largest absolute Gasteiger partial charge is 0.421 e. The lowest BCUT2D eigenvalue weighted by Gasteiger charge is -2.12. The summed E-state index contributed by atoms with van der Waals surface area (Å²) in [5.41, 5.74) is 13.4. The number of hydrogen-bond donors (Lipinski definition) is 3. The summed E-state index contributed by atoms with van der Waals surface area (Å²) in [6, 6.07) is 14.5. The Labute approximate surface area is 114 Å². The van der Waals surface area contributed by atoms with Crippen molar-refractivity contribution in [2.24, 2.45) is 0 Å². The molecular formula is C15H13N3O2. The van der Waals surface area contributed by atoms with Crippen molar-refractivity contribution in [3.63, 3.8) is 0 Å². The van der Waals surface area contributed by atoms with Crippen molar-refractivity contribution in [3.8, 4) is 0 Å². The zero-order chi connectivity index (χ0) is 14.1. The van der Waals surface area contributed by atoms with E-state index < -0.39 is 5.63 Å². The van der Waals surface area contributed by atoms with Gasteiger partial charge in [-0.2, -0.15) is 0 Å². The molecule has 20 heavy (non-hydrogen) atoms. The highest BCUT2D eigenvalue weighted by Gasteiger charge is 2.12. The van der Waals surface area contributed by atoms with E-state index >= 15 is 0 Å². The molecule has 0 saturated heterocycles. The molecule has 3 aromatic rings. The maximum Gasteiger partial charge on any atom is 0.361 e. The third-order valence-electron chi connectivity index (χ3n) is 3.07. The van der Waals surface area contributed by atoms with E-state index in [1.807, 2.05) is 30.3 Å². The number of rotatable bonds is 2. The minimum Gasteiger partial charge on any atom is -0.421 e. The van der Waals surface area contributed by atoms with Gasteiger partial charge in [-0.3, -0.25) is 0 Å². The van der Waals surface area contributed by atoms with Crippen LogP contribution in [0.25, 0.3) is 11.0 Å². The quantitative estimate of drug-likeness (QED) is 0.490. The fourth-order valence-corrected chi connectivity index (χ4v) is 2.04. The molecule has 0 fully saturated rings. The molecule has 5 heteroatoms. The molecule has 5 nitrogen and oxygen atoms in total. The van der Waals surface area contributed by atoms with Gasteiger partial charge in [0.15, 0.2) is 0 Å². The molecule has 0 bridgehead atoms. The van der Waals surface area contributed by atoms with E-state index in [0.29, 0.717) is 22.6 Å². The first-order valence-corrected chi connectivity index (χ1v) is 6.09. The molecule has 1 aromatic heterocycles. The van der Waals surface area contributed by atoms with E-state index in [-0.39, 0.29) is 5.69 Å². The minimum atomic E-state index is -0.569. The first-order valence-electron chi connectivity index (χ1n) is 6.09. The molecule has 0 atom stereocenters. The van der Waals surface area contributed by atoms with Crippen molar-refractivity contribution in [2.45, 2.75) is 0 Å². The van der Waals surface area contributed by atoms with Crippen molar-refractivity contribution >= 4 is 33.7 Å². The van der Waals surface area contributed by atoms with Crippen LogP contribution in [0.3, 0.4) is 0 Å². The van der Waals surface area contributed by atoms with Crippen LogP contribution in [-0.4, -0.2) is 0 Å². The van der Waals surface area contributed by atoms with Gasteiger partial charge in [0.1, 0.15) is 11.3 Å². The normalized spacial score (nSPS) is 10.6. The Hall–Kier alpha value is -2.95. The van der Waals surface area contributed by atoms with E-state index in [4.69, 9.17) is 15.9 Å². The highest BCUT2D eigenvalue weighted by Crippen LogP contribution is 2.31. The number of nitrogens with one attached hydrogen (secondary N) is 1. The van der Waals surface area contributed by atoms with Crippen molar-refractivity contribution in [2.75, 3.05) is 16.8 Å². The standard InChI is InChI=1S/C15H13N3O2/c16-10-6-2-3-7-11(10)18-14-9-5-1-4-8-12(9)20-15(19)13(14)17/h1-8,18H,16-17H2. The molecular weight excluding hydrogens is 254 g/mol. The monoisotopic (exact) mass is 267 g/mol. The molecule has 0 spiro atoms. The second kappa shape index (κ2) is 4.62. The first-order chi connectivity index (χ1) is 9.66. The maximum atomic E-state index is 11.8. The molecule has 0 aliphatic heterocycles. The third-order valence-corrected chi connectivity index (χ3v) is 3.07. The number of nitrogens with two attached hydrogens (primary N) is 2. The predicted molar refractivity (Wildman–Crippen MR) is 81.0 cm³/mol. The van der Waals surface area contributed by atoms with Crippen LogP contribution in [-0.2, 0) is 0 Å². The molecule has 0 aliphatic rings. The van der Waals surface area contributed by atoms with E-state index in [1.54, 1.807) is 18.2 Å². The van der Waals surface area contributed by atoms with E-state index in [0.717, 1.165) is 5.39 Å². The number of nitrogen functional groups attached to an aromatic ring is 2. The minimum absolute atomic E-state index is 0.0342. The van der Waals surface area contributed by atoms with Crippen molar-refractivity contribution < 1.29 is 4.42 Å². The Morgan fingerprint density at radius 1 is 0.950 bits per heavy atom. The molecule has 0 aliphatic carbocycles. The second-order valence-corrected chi connectivity index (χ2v) is 4.39. The summed E-state index contributed by atoms with van der Waals surface area (Å²) in [4.78, 5) is 11.8. The van der Waals surface area contributed by atoms with Gasteiger partial charge in [-0.25, -0.2) is 4.79 Å². The molecule has 0 unspecified atom stereocenters. The molecule has 5 N–H and O–H groups in total. The zero-order valence-corrected chi connectivity index (χ0v) is 10.6. The predicted octanol–water partition coefficient (Wildman–Crippen LogP) is 2.70. The van der Waals surface area contributed by atoms with E-state index in [9.17, 15) is 4.79 Å². The summed E-state index contributed by atoms with van der Waals surface area (Å²) in [6.07, 6.45) is 0. The number of fused-ring (bicyclic) bond motifs is 1. The highest BCUT2D eigenvalue weighted by atomic mass is 16.4. The van der Waals surface area contributed by atoms with Crippen molar-refractivity contribution in [3.05, 3.63) is 59.0 Å². The Balaban J connectivity index is 2.23. The first kappa shape index (κ1) is 12.1. The van der Waals surface area contributed by atoms with Gasteiger partial charge in [-0.15, -0.1) is 0 Å². The van der Waals surface area contributed by atoms with E-state index in [1.165, 1.54) is 0 Å². The fourth-order valence-electron chi connectivity index (χ4n) is 2.04. The fraction of sp³-hybridized carbons (Fsp3) is 0. The molecule has 2 aromatic carbocycles. The van der Waals surface area contributed by atoms with Crippen LogP contribution in [0, 0.1) is 0 Å². The van der Waals surface area contributed by atoms with Gasteiger partial charge < -0.3 is 21.2 Å². The summed E-state index contributed by atoms with van der Waals surface area (Å²) in [5.74, 6) is 0. The van der Waals surface area contributed by atoms with Gasteiger partial charge in [0.05, 0.1) is 17.1 Å². The van der Waals surface area contributed by atoms with Crippen LogP contribution < -0.4 is 22.4 Å². The van der Waals surface area contributed by atoms with Gasteiger partial charge in [0.2, 0.25) is 0 Å². The summed E-state index contributed by atoms with van der Waals surface area (Å²) in [7, 11) is 0. The van der Waals surface area contributed by atoms with Crippen molar-refractivity contribution in [1.82, 2.24) is 0 Å². The van der Waals surface area contributed by atoms with E-state index in [2.05, 4.69) is 5.32 Å². The van der Waals surface area contributed by atoms with Gasteiger partial charge in [0, 0.05) is 5.39 Å². The van der Waals surface area contributed by atoms with Crippen LogP contribution in [0.4, 0.5) is 22.7 Å². The Kier molecular flexibility index (Phi) is 2.80. The summed E-state index contributed by atoms with van der Waals surface area (Å²) < 4.78 is 5.15. The number of anilines is 4. The Morgan fingerprint density at radius 3 is 2.45 bits per heavy atom. The van der Waals surface area contributed by atoms with Gasteiger partial charge in [0.25, 0.3) is 0 Å². The smallest absolute Gasteiger partial charge is 0.361 e. The third kappa shape index (κ3) is 1.95. The zero-order valence-electron chi connectivity index (χ0n) is 10.6. The lowest BCUT2D eigenvalue weighted by Crippen LogP contribution is -2.10. The SMILES string of the molecule is Nc1ccccc1Nc1c(N)c(=O)oc2ccccc12. The molecule has 0 radical (unpaired) electrons. The Morgan fingerprint density at radius 2 is 1.65 bits per heavy atom. The van der Waals surface area contributed by atoms with Gasteiger partial charge >= 0.3 is 5.63 Å². The highest BCUT2D eigenvalue weighted by molar-refractivity contribution is 5.98. The summed E-state index contributed by atoms with van der Waals surface area (Å²) >= 11 is 0. The number of benzene rings is 2. The summed E-state index contributed by atoms with van der Waals surface area (Å²) in [6.45, 7) is 0. The van der Waals surface area contributed by atoms with Crippen LogP contribution >= 0.6 is 0 Å². The number of hydrogen-bond acceptors (Lipinski definition) is 5. The lowest BCUT2D eigenvalue weighted by molar-refractivity contribution is 0.565. The van der Waals surface area contributed by atoms with Crippen molar-refractivity contribution in [1.29, 1.82) is 0 Å². The van der Waals surface area contributed by atoms with Crippen LogP contribution in [0.15, 0.2) is 57.7 Å². The maximum absolute atomic E-state index is 11.8. The molecule has 0 amide bonds.